The van der Waals surface area contributed by atoms with Crippen LogP contribution in [0.4, 0.5) is 0 Å². The Kier molecular flexibility index (Phi) is 6.70. The van der Waals surface area contributed by atoms with Crippen LogP contribution < -0.4 is 0 Å². The van der Waals surface area contributed by atoms with Gasteiger partial charge in [-0.1, -0.05) is 61.8 Å². The van der Waals surface area contributed by atoms with Crippen LogP contribution in [0.15, 0.2) is 61.8 Å². The van der Waals surface area contributed by atoms with Crippen LogP contribution in [0, 0.1) is 0 Å². The first-order valence-electron chi connectivity index (χ1n) is 3.15. The second-order valence-electron chi connectivity index (χ2n) is 1.63. The number of hydrogen-bond donors (Lipinski definition) is 0. The molecule has 0 atom stereocenters. The molecule has 0 aromatic carbocycles. The smallest absolute Gasteiger partial charge is 0.0623 e. The van der Waals surface area contributed by atoms with E-state index in [0.717, 1.165) is 0 Å². The Morgan fingerprint density at radius 3 is 1.10 bits per heavy atom. The highest BCUT2D eigenvalue weighted by atomic mass is 13.7. The van der Waals surface area contributed by atoms with Gasteiger partial charge in [-0.15, -0.1) is 0 Å². The molecule has 0 aromatic rings. The minimum atomic E-state index is 1.74. The van der Waals surface area contributed by atoms with Crippen LogP contribution in [0.5, 0.6) is 0 Å². The average Bonchev–Trinajstić information content (AvgIpc) is 1.97. The highest BCUT2D eigenvalue weighted by molar-refractivity contribution is 5.16. The molecule has 0 N–H and O–H groups in total. The van der Waals surface area contributed by atoms with Gasteiger partial charge in [0.2, 0.25) is 0 Å². The van der Waals surface area contributed by atoms with Gasteiger partial charge in [0, 0.05) is 0 Å². The van der Waals surface area contributed by atoms with E-state index in [1.165, 1.54) is 0 Å². The molecule has 0 fully saturated rings. The van der Waals surface area contributed by atoms with Gasteiger partial charge in [-0.05, 0) is 0 Å². The van der Waals surface area contributed by atoms with E-state index in [1.807, 2.05) is 36.5 Å². The maximum Gasteiger partial charge on any atom is -0.0623 e. The molecule has 0 nitrogen and oxygen atoms in total. The van der Waals surface area contributed by atoms with Gasteiger partial charge in [-0.3, -0.25) is 0 Å². The zero-order valence-electron chi connectivity index (χ0n) is 6.03. The predicted molar refractivity (Wildman–Crippen MR) is 47.8 cm³/mol. The molecule has 0 unspecified atom stereocenters. The minimum Gasteiger partial charge on any atom is -0.0991 e. The van der Waals surface area contributed by atoms with E-state index in [-0.39, 0.29) is 0 Å². The number of rotatable bonds is 4. The quantitative estimate of drug-likeness (QED) is 0.516. The van der Waals surface area contributed by atoms with Crippen LogP contribution in [0.2, 0.25) is 0 Å². The van der Waals surface area contributed by atoms with Gasteiger partial charge in [-0.2, -0.15) is 0 Å². The second-order valence-corrected chi connectivity index (χ2v) is 1.63. The third kappa shape index (κ3) is 6.70. The predicted octanol–water partition coefficient (Wildman–Crippen LogP) is 3.03. The fourth-order valence-electron chi connectivity index (χ4n) is 0.414. The lowest BCUT2D eigenvalue weighted by Crippen LogP contribution is -1.48. The van der Waals surface area contributed by atoms with Crippen molar-refractivity contribution >= 4 is 0 Å². The van der Waals surface area contributed by atoms with Gasteiger partial charge < -0.3 is 0 Å². The second kappa shape index (κ2) is 7.70. The van der Waals surface area contributed by atoms with Crippen molar-refractivity contribution in [3.8, 4) is 0 Å². The van der Waals surface area contributed by atoms with Crippen molar-refractivity contribution in [1.29, 1.82) is 0 Å². The van der Waals surface area contributed by atoms with Crippen LogP contribution >= 0.6 is 0 Å². The molecule has 0 spiro atoms. The molecule has 0 rings (SSSR count). The van der Waals surface area contributed by atoms with Crippen molar-refractivity contribution in [2.75, 3.05) is 0 Å². The highest BCUT2D eigenvalue weighted by Crippen LogP contribution is 1.80. The fourth-order valence-corrected chi connectivity index (χ4v) is 0.414. The third-order valence-corrected chi connectivity index (χ3v) is 0.828. The van der Waals surface area contributed by atoms with E-state index in [4.69, 9.17) is 0 Å². The Morgan fingerprint density at radius 1 is 0.500 bits per heavy atom. The van der Waals surface area contributed by atoms with Crippen molar-refractivity contribution in [2.24, 2.45) is 0 Å². The Labute approximate surface area is 62.6 Å². The Balaban J connectivity index is 3.55. The zero-order valence-corrected chi connectivity index (χ0v) is 6.03. The fraction of sp³-hybridized carbons (Fsp3) is 0. The van der Waals surface area contributed by atoms with Gasteiger partial charge in [0.1, 0.15) is 0 Å². The summed E-state index contributed by atoms with van der Waals surface area (Å²) in [4.78, 5) is 0. The molecule has 0 amide bonds. The van der Waals surface area contributed by atoms with Crippen molar-refractivity contribution in [3.63, 3.8) is 0 Å². The van der Waals surface area contributed by atoms with E-state index < -0.39 is 0 Å². The lowest BCUT2D eigenvalue weighted by molar-refractivity contribution is 1.88. The van der Waals surface area contributed by atoms with Crippen molar-refractivity contribution in [2.45, 2.75) is 0 Å². The molecule has 0 aliphatic heterocycles. The largest absolute Gasteiger partial charge is 0.0991 e. The molecule has 0 heteroatoms. The molecule has 0 aromatic heterocycles. The van der Waals surface area contributed by atoms with Gasteiger partial charge in [0.15, 0.2) is 0 Å². The summed E-state index contributed by atoms with van der Waals surface area (Å²) >= 11 is 0. The van der Waals surface area contributed by atoms with Gasteiger partial charge in [0.05, 0.1) is 0 Å². The van der Waals surface area contributed by atoms with Crippen LogP contribution in [0.1, 0.15) is 0 Å². The first-order chi connectivity index (χ1) is 4.91. The number of allylic oxidation sites excluding steroid dienone is 8. The Morgan fingerprint density at radius 2 is 0.800 bits per heavy atom. The molecule has 0 bridgehead atoms. The SMILES string of the molecule is C=C\C=C/C=C/C=C/C=C. The summed E-state index contributed by atoms with van der Waals surface area (Å²) in [6.45, 7) is 7.08. The van der Waals surface area contributed by atoms with Crippen molar-refractivity contribution in [1.82, 2.24) is 0 Å². The summed E-state index contributed by atoms with van der Waals surface area (Å²) in [5.41, 5.74) is 0. The van der Waals surface area contributed by atoms with E-state index in [1.54, 1.807) is 12.2 Å². The molecule has 0 radical (unpaired) electrons. The van der Waals surface area contributed by atoms with Crippen molar-refractivity contribution < 1.29 is 0 Å². The van der Waals surface area contributed by atoms with Gasteiger partial charge >= 0.3 is 0 Å². The van der Waals surface area contributed by atoms with E-state index >= 15 is 0 Å². The first kappa shape index (κ1) is 8.70. The van der Waals surface area contributed by atoms with E-state index in [2.05, 4.69) is 13.2 Å². The van der Waals surface area contributed by atoms with Gasteiger partial charge in [0.25, 0.3) is 0 Å². The summed E-state index contributed by atoms with van der Waals surface area (Å²) in [5, 5.41) is 0. The molecule has 0 saturated carbocycles. The van der Waals surface area contributed by atoms with E-state index in [9.17, 15) is 0 Å². The lowest BCUT2D eigenvalue weighted by atomic mass is 10.4. The maximum atomic E-state index is 3.54. The molecular formula is C10H12. The lowest BCUT2D eigenvalue weighted by Gasteiger charge is -1.70. The first-order valence-corrected chi connectivity index (χ1v) is 3.15. The monoisotopic (exact) mass is 132 g/mol. The maximum absolute atomic E-state index is 3.54. The average molecular weight is 132 g/mol. The zero-order chi connectivity index (χ0) is 7.66. The number of hydrogen-bond acceptors (Lipinski definition) is 0. The highest BCUT2D eigenvalue weighted by Gasteiger charge is 1.58. The standard InChI is InChI=1S/C10H12/c1-3-5-7-9-10-8-6-4-2/h3-10H,1-2H2/b7-5-,8-6+,10-9+. The van der Waals surface area contributed by atoms with Crippen LogP contribution in [0.3, 0.4) is 0 Å². The third-order valence-electron chi connectivity index (χ3n) is 0.828. The van der Waals surface area contributed by atoms with Crippen LogP contribution in [0.25, 0.3) is 0 Å². The summed E-state index contributed by atoms with van der Waals surface area (Å²) in [6, 6.07) is 0. The molecule has 0 heterocycles. The van der Waals surface area contributed by atoms with Crippen molar-refractivity contribution in [3.05, 3.63) is 61.8 Å². The molecular weight excluding hydrogens is 120 g/mol. The summed E-state index contributed by atoms with van der Waals surface area (Å²) in [7, 11) is 0. The Hall–Kier alpha value is -1.30. The van der Waals surface area contributed by atoms with Crippen LogP contribution in [-0.4, -0.2) is 0 Å². The normalized spacial score (nSPS) is 11.6. The molecule has 10 heavy (non-hydrogen) atoms. The molecule has 52 valence electrons. The molecule has 0 aliphatic rings. The Bertz CT molecular complexity index is 148. The molecule has 0 saturated heterocycles. The minimum absolute atomic E-state index is 1.74. The van der Waals surface area contributed by atoms with E-state index in [0.29, 0.717) is 0 Å². The van der Waals surface area contributed by atoms with Gasteiger partial charge in [-0.25, -0.2) is 0 Å². The topological polar surface area (TPSA) is 0 Å². The molecule has 0 aliphatic carbocycles. The summed E-state index contributed by atoms with van der Waals surface area (Å²) in [6.07, 6.45) is 14.9. The summed E-state index contributed by atoms with van der Waals surface area (Å²) < 4.78 is 0. The summed E-state index contributed by atoms with van der Waals surface area (Å²) in [5.74, 6) is 0. The van der Waals surface area contributed by atoms with Crippen LogP contribution in [-0.2, 0) is 0 Å².